The largest absolute Gasteiger partial charge is 0.550 e. The molecule has 1 fully saturated rings. The van der Waals surface area contributed by atoms with Crippen LogP contribution in [0.15, 0.2) is 0 Å². The van der Waals surface area contributed by atoms with Crippen LogP contribution in [0.3, 0.4) is 0 Å². The van der Waals surface area contributed by atoms with Gasteiger partial charge in [0.05, 0.1) is 13.2 Å². The zero-order valence-electron chi connectivity index (χ0n) is 9.69. The van der Waals surface area contributed by atoms with E-state index >= 15 is 0 Å². The number of aliphatic hydroxyl groups is 1. The van der Waals surface area contributed by atoms with Gasteiger partial charge in [-0.1, -0.05) is 0 Å². The SMILES string of the molecule is CC(=O)CC(=O)[O-].CC1(C)OCC(CO)O1. The first-order valence-corrected chi connectivity index (χ1v) is 4.88. The molecule has 0 aromatic carbocycles. The van der Waals surface area contributed by atoms with Crippen LogP contribution >= 0.6 is 0 Å². The number of carboxylic acids is 1. The van der Waals surface area contributed by atoms with Gasteiger partial charge < -0.3 is 24.5 Å². The molecule has 0 aliphatic carbocycles. The predicted molar refractivity (Wildman–Crippen MR) is 52.3 cm³/mol. The summed E-state index contributed by atoms with van der Waals surface area (Å²) in [5, 5.41) is 18.1. The molecule has 6 heteroatoms. The molecule has 1 N–H and O–H groups in total. The van der Waals surface area contributed by atoms with E-state index in [0.717, 1.165) is 0 Å². The van der Waals surface area contributed by atoms with Gasteiger partial charge in [0.25, 0.3) is 0 Å². The lowest BCUT2D eigenvalue weighted by Gasteiger charge is -2.15. The molecular weight excluding hydrogens is 216 g/mol. The van der Waals surface area contributed by atoms with Crippen LogP contribution in [0.5, 0.6) is 0 Å². The van der Waals surface area contributed by atoms with Gasteiger partial charge >= 0.3 is 0 Å². The topological polar surface area (TPSA) is 95.9 Å². The number of hydrogen-bond acceptors (Lipinski definition) is 6. The Bertz CT molecular complexity index is 236. The number of carboxylic acid groups (broad SMARTS) is 1. The summed E-state index contributed by atoms with van der Waals surface area (Å²) >= 11 is 0. The van der Waals surface area contributed by atoms with Crippen molar-refractivity contribution >= 4 is 11.8 Å². The van der Waals surface area contributed by atoms with Crippen LogP contribution in [0.4, 0.5) is 0 Å². The van der Waals surface area contributed by atoms with Crippen molar-refractivity contribution in [2.75, 3.05) is 13.2 Å². The van der Waals surface area contributed by atoms with Gasteiger partial charge in [-0.05, 0) is 20.8 Å². The highest BCUT2D eigenvalue weighted by Crippen LogP contribution is 2.21. The van der Waals surface area contributed by atoms with Crippen molar-refractivity contribution in [3.63, 3.8) is 0 Å². The van der Waals surface area contributed by atoms with Crippen molar-refractivity contribution in [1.29, 1.82) is 0 Å². The van der Waals surface area contributed by atoms with Crippen LogP contribution < -0.4 is 5.11 Å². The molecule has 1 aliphatic heterocycles. The second kappa shape index (κ2) is 6.57. The highest BCUT2D eigenvalue weighted by atomic mass is 16.7. The Morgan fingerprint density at radius 2 is 2.06 bits per heavy atom. The number of aliphatic carboxylic acids is 1. The molecule has 0 spiro atoms. The van der Waals surface area contributed by atoms with E-state index in [1.807, 2.05) is 13.8 Å². The Hall–Kier alpha value is -0.980. The molecule has 6 nitrogen and oxygen atoms in total. The number of ether oxygens (including phenoxy) is 2. The maximum Gasteiger partial charge on any atom is 0.163 e. The lowest BCUT2D eigenvalue weighted by Crippen LogP contribution is -2.24. The predicted octanol–water partition coefficient (Wildman–Crippen LogP) is -1.15. The van der Waals surface area contributed by atoms with Crippen LogP contribution in [-0.4, -0.2) is 42.0 Å². The van der Waals surface area contributed by atoms with Crippen molar-refractivity contribution in [1.82, 2.24) is 0 Å². The number of Topliss-reactive ketones (excluding diaryl/α,β-unsaturated/α-hetero) is 1. The minimum absolute atomic E-state index is 0.0451. The fourth-order valence-corrected chi connectivity index (χ4v) is 1.06. The van der Waals surface area contributed by atoms with Gasteiger partial charge in [0.1, 0.15) is 11.9 Å². The van der Waals surface area contributed by atoms with E-state index in [1.165, 1.54) is 6.92 Å². The fraction of sp³-hybridized carbons (Fsp3) is 0.800. The molecule has 0 aromatic heterocycles. The first-order chi connectivity index (χ1) is 7.26. The van der Waals surface area contributed by atoms with E-state index in [-0.39, 0.29) is 18.5 Å². The molecule has 1 saturated heterocycles. The molecule has 0 radical (unpaired) electrons. The molecule has 0 amide bonds. The molecule has 1 heterocycles. The van der Waals surface area contributed by atoms with Crippen molar-refractivity contribution in [3.05, 3.63) is 0 Å². The van der Waals surface area contributed by atoms with Crippen LogP contribution in [0.25, 0.3) is 0 Å². The minimum atomic E-state index is -1.31. The molecule has 0 bridgehead atoms. The summed E-state index contributed by atoms with van der Waals surface area (Å²) in [5.74, 6) is -2.18. The third-order valence-electron chi connectivity index (χ3n) is 1.66. The normalized spacial score (nSPS) is 22.1. The summed E-state index contributed by atoms with van der Waals surface area (Å²) < 4.78 is 10.4. The van der Waals surface area contributed by atoms with Gasteiger partial charge in [-0.15, -0.1) is 0 Å². The summed E-state index contributed by atoms with van der Waals surface area (Å²) in [5.41, 5.74) is 0. The van der Waals surface area contributed by atoms with Crippen molar-refractivity contribution in [3.8, 4) is 0 Å². The maximum atomic E-state index is 9.83. The average Bonchev–Trinajstić information content (AvgIpc) is 2.44. The maximum absolute atomic E-state index is 9.83. The molecular formula is C10H17O6-. The van der Waals surface area contributed by atoms with Crippen molar-refractivity contribution in [2.24, 2.45) is 0 Å². The summed E-state index contributed by atoms with van der Waals surface area (Å²) in [6.45, 7) is 5.42. The number of carbonyl (C=O) groups excluding carboxylic acids is 2. The number of carbonyl (C=O) groups is 2. The molecule has 16 heavy (non-hydrogen) atoms. The van der Waals surface area contributed by atoms with Crippen molar-refractivity contribution < 1.29 is 29.3 Å². The Morgan fingerprint density at radius 3 is 2.19 bits per heavy atom. The Kier molecular flexibility index (Phi) is 6.17. The van der Waals surface area contributed by atoms with Gasteiger partial charge in [0.2, 0.25) is 0 Å². The van der Waals surface area contributed by atoms with E-state index in [9.17, 15) is 14.7 Å². The molecule has 1 atom stereocenters. The molecule has 94 valence electrons. The van der Waals surface area contributed by atoms with Crippen molar-refractivity contribution in [2.45, 2.75) is 39.1 Å². The van der Waals surface area contributed by atoms with E-state index < -0.39 is 18.2 Å². The van der Waals surface area contributed by atoms with E-state index in [4.69, 9.17) is 14.6 Å². The van der Waals surface area contributed by atoms with Gasteiger partial charge in [0, 0.05) is 12.4 Å². The Balaban J connectivity index is 0.000000293. The molecule has 1 rings (SSSR count). The smallest absolute Gasteiger partial charge is 0.163 e. The molecule has 1 aliphatic rings. The quantitative estimate of drug-likeness (QED) is 0.618. The monoisotopic (exact) mass is 233 g/mol. The highest BCUT2D eigenvalue weighted by molar-refractivity contribution is 5.92. The molecule has 0 saturated carbocycles. The Morgan fingerprint density at radius 1 is 1.50 bits per heavy atom. The van der Waals surface area contributed by atoms with E-state index in [0.29, 0.717) is 6.61 Å². The summed E-state index contributed by atoms with van der Waals surface area (Å²) in [6.07, 6.45) is -0.597. The number of rotatable bonds is 3. The van der Waals surface area contributed by atoms with Crippen LogP contribution in [0.2, 0.25) is 0 Å². The summed E-state index contributed by atoms with van der Waals surface area (Å²) in [7, 11) is 0. The third-order valence-corrected chi connectivity index (χ3v) is 1.66. The highest BCUT2D eigenvalue weighted by Gasteiger charge is 2.31. The van der Waals surface area contributed by atoms with Gasteiger partial charge in [-0.3, -0.25) is 4.79 Å². The number of aliphatic hydroxyl groups excluding tert-OH is 1. The Labute approximate surface area is 94.2 Å². The molecule has 1 unspecified atom stereocenters. The van der Waals surface area contributed by atoms with Gasteiger partial charge in [0.15, 0.2) is 5.79 Å². The zero-order valence-corrected chi connectivity index (χ0v) is 9.69. The lowest BCUT2D eigenvalue weighted by atomic mass is 10.3. The number of hydrogen-bond donors (Lipinski definition) is 1. The van der Waals surface area contributed by atoms with E-state index in [2.05, 4.69) is 0 Å². The number of ketones is 1. The molecule has 0 aromatic rings. The van der Waals surface area contributed by atoms with Crippen LogP contribution in [-0.2, 0) is 19.1 Å². The zero-order chi connectivity index (χ0) is 12.8. The van der Waals surface area contributed by atoms with Gasteiger partial charge in [-0.25, -0.2) is 0 Å². The fourth-order valence-electron chi connectivity index (χ4n) is 1.06. The first kappa shape index (κ1) is 15.0. The van der Waals surface area contributed by atoms with Crippen LogP contribution in [0, 0.1) is 0 Å². The third kappa shape index (κ3) is 7.33. The van der Waals surface area contributed by atoms with E-state index in [1.54, 1.807) is 0 Å². The second-order valence-electron chi connectivity index (χ2n) is 3.88. The summed E-state index contributed by atoms with van der Waals surface area (Å²) in [6, 6.07) is 0. The second-order valence-corrected chi connectivity index (χ2v) is 3.88. The summed E-state index contributed by atoms with van der Waals surface area (Å²) in [4.78, 5) is 19.3. The van der Waals surface area contributed by atoms with Gasteiger partial charge in [-0.2, -0.15) is 0 Å². The first-order valence-electron chi connectivity index (χ1n) is 4.88. The standard InChI is InChI=1S/C6H12O3.C4H6O3/c1-6(2)8-4-5(3-7)9-6;1-3(5)2-4(6)7/h5,7H,3-4H2,1-2H3;2H2,1H3,(H,6,7)/p-1. The average molecular weight is 233 g/mol. The van der Waals surface area contributed by atoms with Crippen LogP contribution in [0.1, 0.15) is 27.2 Å². The minimum Gasteiger partial charge on any atom is -0.550 e. The lowest BCUT2D eigenvalue weighted by molar-refractivity contribution is -0.304.